The van der Waals surface area contributed by atoms with Crippen LogP contribution in [0.4, 0.5) is 0 Å². The first-order valence-corrected chi connectivity index (χ1v) is 5.04. The highest BCUT2D eigenvalue weighted by molar-refractivity contribution is 5.86. The molecular weight excluding hydrogens is 174 g/mol. The molecule has 74 valence electrons. The maximum atomic E-state index is 11.7. The van der Waals surface area contributed by atoms with Crippen LogP contribution in [0.1, 0.15) is 18.1 Å². The number of carbonyl (C=O) groups is 1. The molecule has 0 spiro atoms. The van der Waals surface area contributed by atoms with Gasteiger partial charge in [0.15, 0.2) is 5.78 Å². The first kappa shape index (κ1) is 9.41. The van der Waals surface area contributed by atoms with Gasteiger partial charge in [-0.05, 0) is 30.9 Å². The van der Waals surface area contributed by atoms with E-state index in [-0.39, 0.29) is 17.7 Å². The van der Waals surface area contributed by atoms with E-state index >= 15 is 0 Å². The zero-order chi connectivity index (χ0) is 10.1. The summed E-state index contributed by atoms with van der Waals surface area (Å²) in [4.78, 5) is 11.7. The van der Waals surface area contributed by atoms with Crippen LogP contribution in [-0.2, 0) is 17.6 Å². The summed E-state index contributed by atoms with van der Waals surface area (Å²) in [7, 11) is 0. The summed E-state index contributed by atoms with van der Waals surface area (Å²) in [6.45, 7) is 1.77. The lowest BCUT2D eigenvalue weighted by Crippen LogP contribution is -2.33. The highest BCUT2D eigenvalue weighted by atomic mass is 16.1. The topological polar surface area (TPSA) is 43.1 Å². The summed E-state index contributed by atoms with van der Waals surface area (Å²) in [6, 6.07) is 7.93. The van der Waals surface area contributed by atoms with Crippen molar-refractivity contribution in [2.45, 2.75) is 25.8 Å². The lowest BCUT2D eigenvalue weighted by Gasteiger charge is -2.10. The van der Waals surface area contributed by atoms with Crippen molar-refractivity contribution in [3.05, 3.63) is 35.4 Å². The molecule has 0 bridgehead atoms. The number of nitrogens with two attached hydrogens (primary N) is 1. The third kappa shape index (κ3) is 1.58. The Morgan fingerprint density at radius 3 is 2.29 bits per heavy atom. The van der Waals surface area contributed by atoms with E-state index in [0.717, 1.165) is 12.8 Å². The van der Waals surface area contributed by atoms with Crippen molar-refractivity contribution in [1.82, 2.24) is 0 Å². The van der Waals surface area contributed by atoms with Crippen LogP contribution in [-0.4, -0.2) is 11.8 Å². The van der Waals surface area contributed by atoms with Crippen LogP contribution in [0.2, 0.25) is 0 Å². The van der Waals surface area contributed by atoms with E-state index in [0.29, 0.717) is 0 Å². The second kappa shape index (κ2) is 3.54. The Bertz CT molecular complexity index is 332. The van der Waals surface area contributed by atoms with Crippen LogP contribution < -0.4 is 5.73 Å². The molecule has 2 N–H and O–H groups in total. The Morgan fingerprint density at radius 2 is 1.86 bits per heavy atom. The van der Waals surface area contributed by atoms with Crippen molar-refractivity contribution in [3.63, 3.8) is 0 Å². The monoisotopic (exact) mass is 189 g/mol. The Hall–Kier alpha value is -1.15. The fraction of sp³-hybridized carbons (Fsp3) is 0.417. The highest BCUT2D eigenvalue weighted by Gasteiger charge is 2.28. The van der Waals surface area contributed by atoms with E-state index < -0.39 is 0 Å². The maximum absolute atomic E-state index is 11.7. The molecule has 1 aliphatic carbocycles. The Balaban J connectivity index is 2.16. The fourth-order valence-corrected chi connectivity index (χ4v) is 2.13. The summed E-state index contributed by atoms with van der Waals surface area (Å²) < 4.78 is 0. The van der Waals surface area contributed by atoms with Crippen molar-refractivity contribution < 1.29 is 4.79 Å². The van der Waals surface area contributed by atoms with Crippen LogP contribution in [0.5, 0.6) is 0 Å². The van der Waals surface area contributed by atoms with Gasteiger partial charge in [0.25, 0.3) is 0 Å². The Labute approximate surface area is 84.1 Å². The number of benzene rings is 1. The number of Topliss-reactive ketones (excluding diaryl/α,β-unsaturated/α-hetero) is 1. The van der Waals surface area contributed by atoms with Gasteiger partial charge in [0.2, 0.25) is 0 Å². The van der Waals surface area contributed by atoms with Gasteiger partial charge in [0, 0.05) is 5.92 Å². The average molecular weight is 189 g/mol. The van der Waals surface area contributed by atoms with Crippen molar-refractivity contribution in [1.29, 1.82) is 0 Å². The SMILES string of the molecule is CC(N)C(=O)C1Cc2ccccc2C1. The van der Waals surface area contributed by atoms with Gasteiger partial charge in [0.05, 0.1) is 6.04 Å². The first-order chi connectivity index (χ1) is 6.68. The minimum absolute atomic E-state index is 0.118. The quantitative estimate of drug-likeness (QED) is 0.762. The average Bonchev–Trinajstić information content (AvgIpc) is 2.59. The second-order valence-electron chi connectivity index (χ2n) is 4.06. The normalized spacial score (nSPS) is 17.9. The number of hydrogen-bond donors (Lipinski definition) is 1. The largest absolute Gasteiger partial charge is 0.322 e. The van der Waals surface area contributed by atoms with E-state index in [2.05, 4.69) is 12.1 Å². The summed E-state index contributed by atoms with van der Waals surface area (Å²) in [5.74, 6) is 0.314. The van der Waals surface area contributed by atoms with Crippen LogP contribution in [0.3, 0.4) is 0 Å². The van der Waals surface area contributed by atoms with E-state index in [1.807, 2.05) is 12.1 Å². The molecule has 2 heteroatoms. The van der Waals surface area contributed by atoms with E-state index in [9.17, 15) is 4.79 Å². The van der Waals surface area contributed by atoms with Crippen LogP contribution in [0.25, 0.3) is 0 Å². The first-order valence-electron chi connectivity index (χ1n) is 5.04. The molecule has 0 radical (unpaired) electrons. The summed E-state index contributed by atoms with van der Waals surface area (Å²) in [5, 5.41) is 0. The number of ketones is 1. The molecular formula is C12H15NO. The molecule has 0 heterocycles. The van der Waals surface area contributed by atoms with Crippen LogP contribution >= 0.6 is 0 Å². The molecule has 0 aliphatic heterocycles. The Morgan fingerprint density at radius 1 is 1.36 bits per heavy atom. The van der Waals surface area contributed by atoms with Gasteiger partial charge in [0.1, 0.15) is 0 Å². The molecule has 2 rings (SSSR count). The predicted octanol–water partition coefficient (Wildman–Crippen LogP) is 1.32. The minimum atomic E-state index is -0.325. The van der Waals surface area contributed by atoms with Gasteiger partial charge >= 0.3 is 0 Å². The summed E-state index contributed by atoms with van der Waals surface area (Å²) >= 11 is 0. The van der Waals surface area contributed by atoms with Gasteiger partial charge < -0.3 is 5.73 Å². The van der Waals surface area contributed by atoms with Gasteiger partial charge in [-0.2, -0.15) is 0 Å². The second-order valence-corrected chi connectivity index (χ2v) is 4.06. The molecule has 1 aliphatic rings. The lowest BCUT2D eigenvalue weighted by molar-refractivity contribution is -0.123. The van der Waals surface area contributed by atoms with Gasteiger partial charge in [-0.25, -0.2) is 0 Å². The highest BCUT2D eigenvalue weighted by Crippen LogP contribution is 2.27. The van der Waals surface area contributed by atoms with E-state index in [4.69, 9.17) is 5.73 Å². The molecule has 1 atom stereocenters. The molecule has 0 aromatic heterocycles. The van der Waals surface area contributed by atoms with Crippen LogP contribution in [0, 0.1) is 5.92 Å². The minimum Gasteiger partial charge on any atom is -0.322 e. The molecule has 0 saturated carbocycles. The molecule has 0 saturated heterocycles. The zero-order valence-corrected chi connectivity index (χ0v) is 8.36. The molecule has 1 aromatic rings. The van der Waals surface area contributed by atoms with Crippen molar-refractivity contribution >= 4 is 5.78 Å². The maximum Gasteiger partial charge on any atom is 0.152 e. The predicted molar refractivity (Wildman–Crippen MR) is 56.0 cm³/mol. The van der Waals surface area contributed by atoms with E-state index in [1.54, 1.807) is 6.92 Å². The smallest absolute Gasteiger partial charge is 0.152 e. The third-order valence-corrected chi connectivity index (χ3v) is 2.90. The van der Waals surface area contributed by atoms with Crippen LogP contribution in [0.15, 0.2) is 24.3 Å². The zero-order valence-electron chi connectivity index (χ0n) is 8.36. The lowest BCUT2D eigenvalue weighted by atomic mass is 9.97. The van der Waals surface area contributed by atoms with Gasteiger partial charge in [-0.3, -0.25) is 4.79 Å². The number of carbonyl (C=O) groups excluding carboxylic acids is 1. The summed E-state index contributed by atoms with van der Waals surface area (Å²) in [6.07, 6.45) is 1.74. The number of hydrogen-bond acceptors (Lipinski definition) is 2. The van der Waals surface area contributed by atoms with Gasteiger partial charge in [-0.15, -0.1) is 0 Å². The third-order valence-electron chi connectivity index (χ3n) is 2.90. The van der Waals surface area contributed by atoms with Crippen molar-refractivity contribution in [2.24, 2.45) is 11.7 Å². The van der Waals surface area contributed by atoms with Crippen molar-refractivity contribution in [2.75, 3.05) is 0 Å². The molecule has 1 unspecified atom stereocenters. The number of fused-ring (bicyclic) bond motifs is 1. The molecule has 0 amide bonds. The number of rotatable bonds is 2. The Kier molecular flexibility index (Phi) is 2.38. The van der Waals surface area contributed by atoms with E-state index in [1.165, 1.54) is 11.1 Å². The molecule has 1 aromatic carbocycles. The summed E-state index contributed by atoms with van der Waals surface area (Å²) in [5.41, 5.74) is 8.22. The molecule has 0 fully saturated rings. The molecule has 2 nitrogen and oxygen atoms in total. The fourth-order valence-electron chi connectivity index (χ4n) is 2.13. The standard InChI is InChI=1S/C12H15NO/c1-8(13)12(14)11-6-9-4-2-3-5-10(9)7-11/h2-5,8,11H,6-7,13H2,1H3. The molecule has 14 heavy (non-hydrogen) atoms. The van der Waals surface area contributed by atoms with Crippen molar-refractivity contribution in [3.8, 4) is 0 Å². The van der Waals surface area contributed by atoms with Gasteiger partial charge in [-0.1, -0.05) is 24.3 Å².